The highest BCUT2D eigenvalue weighted by atomic mass is 79.9. The van der Waals surface area contributed by atoms with Crippen LogP contribution in [0.25, 0.3) is 0 Å². The zero-order valence-electron chi connectivity index (χ0n) is 19.1. The number of rotatable bonds is 8. The Morgan fingerprint density at radius 3 is 2.54 bits per heavy atom. The molecule has 0 aliphatic carbocycles. The summed E-state index contributed by atoms with van der Waals surface area (Å²) in [6, 6.07) is 7.90. The predicted octanol–water partition coefficient (Wildman–Crippen LogP) is 3.10. The normalized spacial score (nSPS) is 14.9. The lowest BCUT2D eigenvalue weighted by Gasteiger charge is -2.18. The number of benzene rings is 2. The molecule has 1 heterocycles. The largest absolute Gasteiger partial charge is 0.493 e. The first kappa shape index (κ1) is 26.3. The molecule has 1 aliphatic rings. The van der Waals surface area contributed by atoms with E-state index >= 15 is 0 Å². The molecule has 35 heavy (non-hydrogen) atoms. The molecule has 2 aromatic carbocycles. The number of hydrogen-bond acceptors (Lipinski definition) is 7. The number of hydrazine groups is 1. The van der Waals surface area contributed by atoms with E-state index in [0.717, 1.165) is 5.01 Å². The van der Waals surface area contributed by atoms with Crippen LogP contribution < -0.4 is 20.2 Å². The molecule has 0 bridgehead atoms. The number of nitrogens with zero attached hydrogens (tertiary/aromatic N) is 1. The monoisotopic (exact) mass is 567 g/mol. The van der Waals surface area contributed by atoms with Gasteiger partial charge in [-0.2, -0.15) is 0 Å². The summed E-state index contributed by atoms with van der Waals surface area (Å²) >= 11 is 9.45. The van der Waals surface area contributed by atoms with Gasteiger partial charge in [-0.15, -0.1) is 0 Å². The van der Waals surface area contributed by atoms with E-state index in [9.17, 15) is 19.2 Å². The molecule has 1 saturated heterocycles. The Morgan fingerprint density at radius 1 is 1.14 bits per heavy atom. The van der Waals surface area contributed by atoms with Crippen LogP contribution in [0.4, 0.5) is 5.69 Å². The summed E-state index contributed by atoms with van der Waals surface area (Å²) in [5.74, 6) is -2.31. The van der Waals surface area contributed by atoms with Crippen LogP contribution in [0.3, 0.4) is 0 Å². The van der Waals surface area contributed by atoms with Crippen LogP contribution in [-0.4, -0.2) is 56.1 Å². The maximum atomic E-state index is 12.6. The summed E-state index contributed by atoms with van der Waals surface area (Å²) in [4.78, 5) is 49.5. The Morgan fingerprint density at radius 2 is 1.86 bits per heavy atom. The number of methoxy groups -OCH3 is 2. The van der Waals surface area contributed by atoms with Gasteiger partial charge in [-0.3, -0.25) is 29.6 Å². The maximum absolute atomic E-state index is 12.6. The third-order valence-electron chi connectivity index (χ3n) is 5.30. The molecule has 186 valence electrons. The molecule has 3 amide bonds. The minimum absolute atomic E-state index is 0.0836. The van der Waals surface area contributed by atoms with Crippen LogP contribution >= 0.6 is 27.5 Å². The summed E-state index contributed by atoms with van der Waals surface area (Å²) in [7, 11) is 2.91. The molecule has 1 atom stereocenters. The molecule has 2 N–H and O–H groups in total. The quantitative estimate of drug-likeness (QED) is 0.469. The second-order valence-electron chi connectivity index (χ2n) is 7.61. The summed E-state index contributed by atoms with van der Waals surface area (Å²) in [5, 5.41) is 4.14. The molecule has 0 spiro atoms. The fourth-order valence-corrected chi connectivity index (χ4v) is 3.96. The van der Waals surface area contributed by atoms with Gasteiger partial charge in [-0.05, 0) is 58.7 Å². The van der Waals surface area contributed by atoms with E-state index in [1.807, 2.05) is 0 Å². The van der Waals surface area contributed by atoms with Crippen molar-refractivity contribution >= 4 is 56.9 Å². The first-order valence-corrected chi connectivity index (χ1v) is 11.6. The smallest absolute Gasteiger partial charge is 0.311 e. The van der Waals surface area contributed by atoms with Crippen molar-refractivity contribution in [3.63, 3.8) is 0 Å². The number of anilines is 1. The number of hydrogen-bond donors (Lipinski definition) is 2. The van der Waals surface area contributed by atoms with Gasteiger partial charge >= 0.3 is 5.97 Å². The Labute approximate surface area is 214 Å². The Balaban J connectivity index is 1.53. The highest BCUT2D eigenvalue weighted by Gasteiger charge is 2.37. The molecule has 12 heteroatoms. The fraction of sp³-hybridized carbons (Fsp3) is 0.304. The minimum atomic E-state index is -0.829. The molecule has 3 rings (SSSR count). The number of carbonyl (C=O) groups is 4. The van der Waals surface area contributed by atoms with Gasteiger partial charge in [0, 0.05) is 22.1 Å². The maximum Gasteiger partial charge on any atom is 0.311 e. The Kier molecular flexibility index (Phi) is 8.57. The fourth-order valence-electron chi connectivity index (χ4n) is 3.37. The van der Waals surface area contributed by atoms with Crippen molar-refractivity contribution in [2.45, 2.75) is 13.3 Å². The molecular weight excluding hydrogens is 546 g/mol. The number of ether oxygens (including phenoxy) is 3. The van der Waals surface area contributed by atoms with E-state index in [1.165, 1.54) is 26.4 Å². The highest BCUT2D eigenvalue weighted by molar-refractivity contribution is 9.10. The van der Waals surface area contributed by atoms with E-state index in [2.05, 4.69) is 26.7 Å². The van der Waals surface area contributed by atoms with Gasteiger partial charge in [0.2, 0.25) is 5.91 Å². The van der Waals surface area contributed by atoms with Crippen LogP contribution in [0.5, 0.6) is 11.5 Å². The number of esters is 1. The molecule has 0 saturated carbocycles. The minimum Gasteiger partial charge on any atom is -0.493 e. The predicted molar refractivity (Wildman–Crippen MR) is 130 cm³/mol. The van der Waals surface area contributed by atoms with Gasteiger partial charge in [0.15, 0.2) is 18.1 Å². The molecule has 1 aliphatic heterocycles. The number of carbonyl (C=O) groups excluding carboxylic acids is 4. The first-order chi connectivity index (χ1) is 16.6. The lowest BCUT2D eigenvalue weighted by atomic mass is 10.1. The number of halogens is 2. The molecule has 0 unspecified atom stereocenters. The van der Waals surface area contributed by atoms with E-state index in [0.29, 0.717) is 32.2 Å². The Hall–Kier alpha value is -3.31. The van der Waals surface area contributed by atoms with Crippen LogP contribution in [0.1, 0.15) is 22.3 Å². The lowest BCUT2D eigenvalue weighted by molar-refractivity contribution is -0.151. The van der Waals surface area contributed by atoms with Gasteiger partial charge in [0.25, 0.3) is 11.8 Å². The molecular formula is C23H23BrClN3O7. The van der Waals surface area contributed by atoms with Crippen molar-refractivity contribution in [3.8, 4) is 11.5 Å². The van der Waals surface area contributed by atoms with Crippen molar-refractivity contribution in [3.05, 3.63) is 51.0 Å². The topological polar surface area (TPSA) is 123 Å². The zero-order valence-corrected chi connectivity index (χ0v) is 21.5. The summed E-state index contributed by atoms with van der Waals surface area (Å²) < 4.78 is 16.1. The third-order valence-corrected chi connectivity index (χ3v) is 6.68. The standard InChI is InChI=1S/C23H23BrClN3O7/c1-12-16(6-5-15(24)21(12)25)26-19(29)11-35-23(32)14-9-20(30)28(10-14)27-22(31)13-4-7-17(33-2)18(8-13)34-3/h4-8,14H,9-11H2,1-3H3,(H,26,29)(H,27,31)/t14-/m1/s1. The molecule has 0 radical (unpaired) electrons. The SMILES string of the molecule is COc1ccc(C(=O)NN2C[C@H](C(=O)OCC(=O)Nc3ccc(Br)c(Cl)c3C)CC2=O)cc1OC. The van der Waals surface area contributed by atoms with E-state index in [-0.39, 0.29) is 18.5 Å². The number of amides is 3. The van der Waals surface area contributed by atoms with E-state index in [4.69, 9.17) is 25.8 Å². The summed E-state index contributed by atoms with van der Waals surface area (Å²) in [6.45, 7) is 1.12. The molecule has 0 aromatic heterocycles. The van der Waals surface area contributed by atoms with Gasteiger partial charge in [-0.1, -0.05) is 11.6 Å². The van der Waals surface area contributed by atoms with Crippen LogP contribution in [0, 0.1) is 12.8 Å². The molecule has 10 nitrogen and oxygen atoms in total. The van der Waals surface area contributed by atoms with Crippen molar-refractivity contribution in [1.82, 2.24) is 10.4 Å². The van der Waals surface area contributed by atoms with Crippen LogP contribution in [-0.2, 0) is 19.1 Å². The van der Waals surface area contributed by atoms with Gasteiger partial charge < -0.3 is 19.5 Å². The second kappa shape index (κ2) is 11.4. The average molecular weight is 569 g/mol. The van der Waals surface area contributed by atoms with Crippen molar-refractivity contribution in [1.29, 1.82) is 0 Å². The zero-order chi connectivity index (χ0) is 25.7. The van der Waals surface area contributed by atoms with Crippen molar-refractivity contribution in [2.24, 2.45) is 5.92 Å². The highest BCUT2D eigenvalue weighted by Crippen LogP contribution is 2.31. The third kappa shape index (κ3) is 6.23. The van der Waals surface area contributed by atoms with E-state index in [1.54, 1.807) is 25.1 Å². The summed E-state index contributed by atoms with van der Waals surface area (Å²) in [6.07, 6.45) is -0.159. The second-order valence-corrected chi connectivity index (χ2v) is 8.84. The van der Waals surface area contributed by atoms with Crippen LogP contribution in [0.15, 0.2) is 34.8 Å². The van der Waals surface area contributed by atoms with Crippen LogP contribution in [0.2, 0.25) is 5.02 Å². The molecule has 2 aromatic rings. The van der Waals surface area contributed by atoms with Crippen molar-refractivity contribution < 1.29 is 33.4 Å². The van der Waals surface area contributed by atoms with Gasteiger partial charge in [0.05, 0.1) is 31.7 Å². The van der Waals surface area contributed by atoms with Crippen molar-refractivity contribution in [2.75, 3.05) is 32.7 Å². The average Bonchev–Trinajstić information content (AvgIpc) is 3.22. The summed E-state index contributed by atoms with van der Waals surface area (Å²) in [5.41, 5.74) is 3.86. The molecule has 1 fully saturated rings. The van der Waals surface area contributed by atoms with Gasteiger partial charge in [0.1, 0.15) is 0 Å². The number of nitrogens with one attached hydrogen (secondary N) is 2. The Bertz CT molecular complexity index is 1170. The van der Waals surface area contributed by atoms with Gasteiger partial charge in [-0.25, -0.2) is 0 Å². The first-order valence-electron chi connectivity index (χ1n) is 10.4. The lowest BCUT2D eigenvalue weighted by Crippen LogP contribution is -2.43. The van der Waals surface area contributed by atoms with E-state index < -0.39 is 36.2 Å².